The van der Waals surface area contributed by atoms with Crippen LogP contribution in [-0.4, -0.2) is 6.04 Å². The fourth-order valence-electron chi connectivity index (χ4n) is 2.52. The van der Waals surface area contributed by atoms with Crippen molar-refractivity contribution in [1.29, 1.82) is 0 Å². The minimum absolute atomic E-state index is 0.359. The fourth-order valence-corrected chi connectivity index (χ4v) is 4.12. The first-order valence-corrected chi connectivity index (χ1v) is 8.17. The molecule has 2 nitrogen and oxygen atoms in total. The second kappa shape index (κ2) is 7.04. The summed E-state index contributed by atoms with van der Waals surface area (Å²) in [5, 5.41) is 2.12. The summed E-state index contributed by atoms with van der Waals surface area (Å²) in [6.45, 7) is 9.21. The van der Waals surface area contributed by atoms with Gasteiger partial charge in [-0.25, -0.2) is 0 Å². The van der Waals surface area contributed by atoms with Crippen LogP contribution in [0.25, 0.3) is 0 Å². The summed E-state index contributed by atoms with van der Waals surface area (Å²) >= 11 is 5.37. The van der Waals surface area contributed by atoms with Crippen molar-refractivity contribution in [2.75, 3.05) is 0 Å². The lowest BCUT2D eigenvalue weighted by Crippen LogP contribution is -2.38. The first kappa shape index (κ1) is 16.2. The van der Waals surface area contributed by atoms with Gasteiger partial charge in [0.25, 0.3) is 0 Å². The Balaban J connectivity index is 2.50. The van der Waals surface area contributed by atoms with Gasteiger partial charge in [-0.3, -0.25) is 11.3 Å². The predicted molar refractivity (Wildman–Crippen MR) is 84.7 cm³/mol. The first-order valence-electron chi connectivity index (χ1n) is 6.50. The van der Waals surface area contributed by atoms with Crippen molar-refractivity contribution < 1.29 is 0 Å². The molecule has 0 aromatic carbocycles. The number of hydrogen-bond acceptors (Lipinski definition) is 3. The van der Waals surface area contributed by atoms with E-state index < -0.39 is 0 Å². The van der Waals surface area contributed by atoms with Gasteiger partial charge in [0.15, 0.2) is 0 Å². The molecule has 0 aliphatic heterocycles. The van der Waals surface area contributed by atoms with E-state index >= 15 is 0 Å². The minimum atomic E-state index is 0.359. The second-order valence-corrected chi connectivity index (χ2v) is 8.22. The Morgan fingerprint density at radius 3 is 2.56 bits per heavy atom. The predicted octanol–water partition coefficient (Wildman–Crippen LogP) is 4.35. The topological polar surface area (TPSA) is 38.0 Å². The molecule has 2 unspecified atom stereocenters. The molecule has 0 amide bonds. The highest BCUT2D eigenvalue weighted by Crippen LogP contribution is 2.29. The lowest BCUT2D eigenvalue weighted by molar-refractivity contribution is 0.275. The van der Waals surface area contributed by atoms with E-state index in [1.54, 1.807) is 11.3 Å². The van der Waals surface area contributed by atoms with Crippen molar-refractivity contribution in [2.24, 2.45) is 17.2 Å². The maximum absolute atomic E-state index is 5.69. The van der Waals surface area contributed by atoms with E-state index in [1.165, 1.54) is 15.8 Å². The minimum Gasteiger partial charge on any atom is -0.271 e. The van der Waals surface area contributed by atoms with Gasteiger partial charge in [-0.15, -0.1) is 11.3 Å². The lowest BCUT2D eigenvalue weighted by atomic mass is 9.82. The van der Waals surface area contributed by atoms with Crippen molar-refractivity contribution in [1.82, 2.24) is 5.43 Å². The van der Waals surface area contributed by atoms with Gasteiger partial charge >= 0.3 is 0 Å². The van der Waals surface area contributed by atoms with Crippen LogP contribution >= 0.6 is 27.3 Å². The fraction of sp³-hybridized carbons (Fsp3) is 0.714. The summed E-state index contributed by atoms with van der Waals surface area (Å²) < 4.78 is 1.20. The average molecular weight is 333 g/mol. The molecule has 0 spiro atoms. The third kappa shape index (κ3) is 5.83. The van der Waals surface area contributed by atoms with Crippen LogP contribution in [0.1, 0.15) is 45.4 Å². The summed E-state index contributed by atoms with van der Waals surface area (Å²) in [5.74, 6) is 6.38. The van der Waals surface area contributed by atoms with E-state index in [1.807, 2.05) is 0 Å². The zero-order valence-corrected chi connectivity index (χ0v) is 14.2. The molecule has 18 heavy (non-hydrogen) atoms. The molecule has 1 rings (SSSR count). The Labute approximate surface area is 123 Å². The summed E-state index contributed by atoms with van der Waals surface area (Å²) in [6.07, 6.45) is 3.36. The highest BCUT2D eigenvalue weighted by molar-refractivity contribution is 9.10. The van der Waals surface area contributed by atoms with E-state index in [-0.39, 0.29) is 0 Å². The van der Waals surface area contributed by atoms with E-state index in [9.17, 15) is 0 Å². The number of nitrogens with two attached hydrogens (primary N) is 1. The molecule has 0 saturated heterocycles. The average Bonchev–Trinajstić information content (AvgIpc) is 2.60. The van der Waals surface area contributed by atoms with Gasteiger partial charge in [-0.1, -0.05) is 27.7 Å². The lowest BCUT2D eigenvalue weighted by Gasteiger charge is -2.26. The molecule has 0 bridgehead atoms. The Morgan fingerprint density at radius 2 is 2.11 bits per heavy atom. The normalized spacial score (nSPS) is 15.7. The number of rotatable bonds is 6. The van der Waals surface area contributed by atoms with Crippen LogP contribution in [0, 0.1) is 11.3 Å². The Hall–Kier alpha value is 0.1000. The number of hydrazine groups is 1. The summed E-state index contributed by atoms with van der Waals surface area (Å²) in [5.41, 5.74) is 3.36. The molecule has 4 heteroatoms. The van der Waals surface area contributed by atoms with Crippen molar-refractivity contribution in [3.63, 3.8) is 0 Å². The third-order valence-electron chi connectivity index (χ3n) is 3.01. The van der Waals surface area contributed by atoms with E-state index in [0.717, 1.165) is 12.8 Å². The molecule has 0 fully saturated rings. The number of hydrogen-bond donors (Lipinski definition) is 2. The van der Waals surface area contributed by atoms with Crippen LogP contribution < -0.4 is 11.3 Å². The highest BCUT2D eigenvalue weighted by Gasteiger charge is 2.19. The van der Waals surface area contributed by atoms with E-state index in [0.29, 0.717) is 17.4 Å². The number of halogens is 1. The van der Waals surface area contributed by atoms with Crippen LogP contribution in [0.2, 0.25) is 0 Å². The van der Waals surface area contributed by atoms with Crippen LogP contribution in [0.3, 0.4) is 0 Å². The van der Waals surface area contributed by atoms with E-state index in [2.05, 4.69) is 60.5 Å². The molecule has 2 atom stereocenters. The molecule has 1 aromatic heterocycles. The SMILES string of the molecule is CC(CC(Cc1sccc1Br)NN)CC(C)(C)C. The molecule has 1 heterocycles. The standard InChI is InChI=1S/C14H25BrN2S/c1-10(9-14(2,3)4)7-11(17-16)8-13-12(15)5-6-18-13/h5-6,10-11,17H,7-9,16H2,1-4H3. The third-order valence-corrected chi connectivity index (χ3v) is 4.95. The molecular weight excluding hydrogens is 308 g/mol. The van der Waals surface area contributed by atoms with Crippen molar-refractivity contribution in [3.05, 3.63) is 20.8 Å². The largest absolute Gasteiger partial charge is 0.271 e. The monoisotopic (exact) mass is 332 g/mol. The van der Waals surface area contributed by atoms with Gasteiger partial charge in [0.2, 0.25) is 0 Å². The number of thiophene rings is 1. The molecule has 3 N–H and O–H groups in total. The van der Waals surface area contributed by atoms with Gasteiger partial charge in [-0.2, -0.15) is 0 Å². The Morgan fingerprint density at radius 1 is 1.44 bits per heavy atom. The van der Waals surface area contributed by atoms with Crippen LogP contribution in [0.15, 0.2) is 15.9 Å². The molecule has 1 aromatic rings. The Kier molecular flexibility index (Phi) is 6.31. The molecule has 0 aliphatic rings. The Bertz CT molecular complexity index is 357. The first-order chi connectivity index (χ1) is 8.31. The maximum Gasteiger partial charge on any atom is 0.0314 e. The quantitative estimate of drug-likeness (QED) is 0.600. The zero-order valence-electron chi connectivity index (χ0n) is 11.8. The summed E-state index contributed by atoms with van der Waals surface area (Å²) in [6, 6.07) is 2.46. The van der Waals surface area contributed by atoms with E-state index in [4.69, 9.17) is 5.84 Å². The summed E-state index contributed by atoms with van der Waals surface area (Å²) in [7, 11) is 0. The molecule has 0 radical (unpaired) electrons. The van der Waals surface area contributed by atoms with Crippen LogP contribution in [-0.2, 0) is 6.42 Å². The molecule has 0 saturated carbocycles. The van der Waals surface area contributed by atoms with Gasteiger partial charge in [0.1, 0.15) is 0 Å². The van der Waals surface area contributed by atoms with Gasteiger partial charge in [0.05, 0.1) is 0 Å². The molecule has 0 aliphatic carbocycles. The van der Waals surface area contributed by atoms with Gasteiger partial charge < -0.3 is 0 Å². The van der Waals surface area contributed by atoms with Crippen molar-refractivity contribution in [2.45, 2.75) is 53.0 Å². The van der Waals surface area contributed by atoms with Crippen molar-refractivity contribution >= 4 is 27.3 Å². The zero-order chi connectivity index (χ0) is 13.8. The highest BCUT2D eigenvalue weighted by atomic mass is 79.9. The van der Waals surface area contributed by atoms with Crippen molar-refractivity contribution in [3.8, 4) is 0 Å². The van der Waals surface area contributed by atoms with Crippen LogP contribution in [0.5, 0.6) is 0 Å². The second-order valence-electron chi connectivity index (χ2n) is 6.37. The van der Waals surface area contributed by atoms with Crippen LogP contribution in [0.4, 0.5) is 0 Å². The molecular formula is C14H25BrN2S. The maximum atomic E-state index is 5.69. The van der Waals surface area contributed by atoms with Gasteiger partial charge in [0, 0.05) is 15.4 Å². The summed E-state index contributed by atoms with van der Waals surface area (Å²) in [4.78, 5) is 1.38. The number of nitrogens with one attached hydrogen (secondary N) is 1. The smallest absolute Gasteiger partial charge is 0.0314 e. The van der Waals surface area contributed by atoms with Gasteiger partial charge in [-0.05, 0) is 58.0 Å². The molecule has 104 valence electrons.